The van der Waals surface area contributed by atoms with Gasteiger partial charge < -0.3 is 5.32 Å². The van der Waals surface area contributed by atoms with Gasteiger partial charge in [0, 0.05) is 11.9 Å². The smallest absolute Gasteiger partial charge is 0.142 e. The minimum absolute atomic E-state index is 0.762. The molecule has 0 amide bonds. The van der Waals surface area contributed by atoms with Crippen molar-refractivity contribution in [1.82, 2.24) is 15.3 Å². The Kier molecular flexibility index (Phi) is 2.80. The molecule has 0 saturated heterocycles. The van der Waals surface area contributed by atoms with Crippen LogP contribution in [0.1, 0.15) is 17.1 Å². The molecule has 0 atom stereocenters. The van der Waals surface area contributed by atoms with Crippen molar-refractivity contribution in [3.05, 3.63) is 23.3 Å². The Bertz CT molecular complexity index is 301. The van der Waals surface area contributed by atoms with Gasteiger partial charge in [0.1, 0.15) is 5.82 Å². The fraction of sp³-hybridized carbons (Fsp3) is 0.556. The van der Waals surface area contributed by atoms with Crippen molar-refractivity contribution in [3.63, 3.8) is 0 Å². The zero-order valence-electron chi connectivity index (χ0n) is 7.71. The molecule has 3 nitrogen and oxygen atoms in total. The molecule has 1 N–H and O–H groups in total. The molecular weight excluding hydrogens is 182 g/mol. The van der Waals surface area contributed by atoms with Crippen LogP contribution in [0, 0.1) is 0 Å². The third kappa shape index (κ3) is 2.00. The Hall–Kier alpha value is -0.610. The molecule has 70 valence electrons. The summed E-state index contributed by atoms with van der Waals surface area (Å²) in [7, 11) is 1.91. The summed E-state index contributed by atoms with van der Waals surface area (Å²) in [5, 5.41) is 3.06. The largest absolute Gasteiger partial charge is 0.313 e. The molecule has 0 unspecified atom stereocenters. The number of hydrogen-bond acceptors (Lipinski definition) is 4. The van der Waals surface area contributed by atoms with Gasteiger partial charge in [0.05, 0.1) is 12.2 Å². The highest BCUT2D eigenvalue weighted by Crippen LogP contribution is 2.21. The highest BCUT2D eigenvalue weighted by Gasteiger charge is 2.11. The van der Waals surface area contributed by atoms with Crippen molar-refractivity contribution in [3.8, 4) is 0 Å². The quantitative estimate of drug-likeness (QED) is 0.763. The van der Waals surface area contributed by atoms with E-state index in [0.717, 1.165) is 24.5 Å². The fourth-order valence-electron chi connectivity index (χ4n) is 1.41. The van der Waals surface area contributed by atoms with E-state index >= 15 is 0 Å². The number of nitrogens with zero attached hydrogens (tertiary/aromatic N) is 2. The van der Waals surface area contributed by atoms with Crippen LogP contribution >= 0.6 is 11.8 Å². The second-order valence-electron chi connectivity index (χ2n) is 3.09. The summed E-state index contributed by atoms with van der Waals surface area (Å²) >= 11 is 1.95. The van der Waals surface area contributed by atoms with Crippen LogP contribution < -0.4 is 5.32 Å². The van der Waals surface area contributed by atoms with Crippen LogP contribution in [0.3, 0.4) is 0 Å². The van der Waals surface area contributed by atoms with Gasteiger partial charge in [0.15, 0.2) is 0 Å². The number of fused-ring (bicyclic) bond motifs is 1. The van der Waals surface area contributed by atoms with Crippen molar-refractivity contribution in [2.24, 2.45) is 0 Å². The van der Waals surface area contributed by atoms with Crippen LogP contribution in [0.25, 0.3) is 0 Å². The molecule has 1 aromatic rings. The van der Waals surface area contributed by atoms with Crippen LogP contribution in [0.5, 0.6) is 0 Å². The van der Waals surface area contributed by atoms with E-state index in [9.17, 15) is 0 Å². The zero-order chi connectivity index (χ0) is 9.10. The lowest BCUT2D eigenvalue weighted by molar-refractivity contribution is 0.745. The van der Waals surface area contributed by atoms with Gasteiger partial charge in [-0.1, -0.05) is 0 Å². The van der Waals surface area contributed by atoms with Crippen molar-refractivity contribution >= 4 is 11.8 Å². The topological polar surface area (TPSA) is 37.8 Å². The maximum atomic E-state index is 4.51. The average molecular weight is 195 g/mol. The first-order valence-corrected chi connectivity index (χ1v) is 5.61. The Morgan fingerprint density at radius 1 is 1.62 bits per heavy atom. The number of nitrogens with one attached hydrogen (secondary N) is 1. The van der Waals surface area contributed by atoms with Crippen LogP contribution in [-0.4, -0.2) is 22.8 Å². The molecule has 1 aliphatic heterocycles. The predicted molar refractivity (Wildman–Crippen MR) is 54.7 cm³/mol. The van der Waals surface area contributed by atoms with E-state index in [1.165, 1.54) is 17.0 Å². The van der Waals surface area contributed by atoms with Crippen LogP contribution in [0.4, 0.5) is 0 Å². The minimum Gasteiger partial charge on any atom is -0.313 e. The van der Waals surface area contributed by atoms with E-state index in [-0.39, 0.29) is 0 Å². The summed E-state index contributed by atoms with van der Waals surface area (Å²) in [5.41, 5.74) is 2.56. The maximum Gasteiger partial charge on any atom is 0.142 e. The molecule has 1 aliphatic rings. The lowest BCUT2D eigenvalue weighted by Crippen LogP contribution is -2.13. The normalized spacial score (nSPS) is 15.5. The van der Waals surface area contributed by atoms with Crippen molar-refractivity contribution in [2.75, 3.05) is 12.8 Å². The van der Waals surface area contributed by atoms with E-state index in [1.807, 2.05) is 25.0 Å². The Morgan fingerprint density at radius 2 is 2.54 bits per heavy atom. The van der Waals surface area contributed by atoms with Gasteiger partial charge >= 0.3 is 0 Å². The van der Waals surface area contributed by atoms with E-state index in [1.54, 1.807) is 0 Å². The molecule has 2 rings (SSSR count). The molecule has 0 bridgehead atoms. The van der Waals surface area contributed by atoms with Gasteiger partial charge in [-0.15, -0.1) is 0 Å². The van der Waals surface area contributed by atoms with E-state index in [0.29, 0.717) is 0 Å². The van der Waals surface area contributed by atoms with Crippen LogP contribution in [0.15, 0.2) is 6.20 Å². The standard InChI is InChI=1S/C9H13N3S/c1-10-5-9-11-4-7-2-3-13-6-8(7)12-9/h4,10H,2-3,5-6H2,1H3. The zero-order valence-corrected chi connectivity index (χ0v) is 8.52. The monoisotopic (exact) mass is 195 g/mol. The van der Waals surface area contributed by atoms with Crippen molar-refractivity contribution < 1.29 is 0 Å². The van der Waals surface area contributed by atoms with Gasteiger partial charge in [-0.25, -0.2) is 9.97 Å². The van der Waals surface area contributed by atoms with Crippen molar-refractivity contribution in [1.29, 1.82) is 0 Å². The Labute approximate surface area is 82.4 Å². The fourth-order valence-corrected chi connectivity index (χ4v) is 2.36. The number of hydrogen-bond donors (Lipinski definition) is 1. The number of aryl methyl sites for hydroxylation is 1. The van der Waals surface area contributed by atoms with E-state index in [4.69, 9.17) is 0 Å². The molecule has 0 radical (unpaired) electrons. The molecule has 1 aromatic heterocycles. The molecule has 4 heteroatoms. The summed E-state index contributed by atoms with van der Waals surface area (Å²) in [6.45, 7) is 0.762. The molecule has 2 heterocycles. The lowest BCUT2D eigenvalue weighted by atomic mass is 10.2. The average Bonchev–Trinajstić information content (AvgIpc) is 2.18. The van der Waals surface area contributed by atoms with Crippen LogP contribution in [0.2, 0.25) is 0 Å². The number of rotatable bonds is 2. The SMILES string of the molecule is CNCc1ncc2c(n1)CSCC2. The van der Waals surface area contributed by atoms with Gasteiger partial charge in [-0.05, 0) is 24.8 Å². The number of aromatic nitrogens is 2. The van der Waals surface area contributed by atoms with E-state index < -0.39 is 0 Å². The summed E-state index contributed by atoms with van der Waals surface area (Å²) in [5.74, 6) is 3.17. The Balaban J connectivity index is 2.24. The molecular formula is C9H13N3S. The summed E-state index contributed by atoms with van der Waals surface area (Å²) in [6.07, 6.45) is 3.11. The predicted octanol–water partition coefficient (Wildman–Crippen LogP) is 0.985. The second kappa shape index (κ2) is 4.07. The van der Waals surface area contributed by atoms with Gasteiger partial charge in [0.25, 0.3) is 0 Å². The summed E-state index contributed by atoms with van der Waals surface area (Å²) in [4.78, 5) is 8.81. The molecule has 0 saturated carbocycles. The Morgan fingerprint density at radius 3 is 3.38 bits per heavy atom. The first-order chi connectivity index (χ1) is 6.40. The highest BCUT2D eigenvalue weighted by atomic mass is 32.2. The number of thioether (sulfide) groups is 1. The minimum atomic E-state index is 0.762. The second-order valence-corrected chi connectivity index (χ2v) is 4.20. The van der Waals surface area contributed by atoms with Crippen molar-refractivity contribution in [2.45, 2.75) is 18.7 Å². The lowest BCUT2D eigenvalue weighted by Gasteiger charge is -2.14. The summed E-state index contributed by atoms with van der Waals surface area (Å²) in [6, 6.07) is 0. The molecule has 0 aliphatic carbocycles. The highest BCUT2D eigenvalue weighted by molar-refractivity contribution is 7.98. The summed E-state index contributed by atoms with van der Waals surface area (Å²) < 4.78 is 0. The maximum absolute atomic E-state index is 4.51. The van der Waals surface area contributed by atoms with E-state index in [2.05, 4.69) is 15.3 Å². The molecule has 0 fully saturated rings. The van der Waals surface area contributed by atoms with Gasteiger partial charge in [-0.3, -0.25) is 0 Å². The first-order valence-electron chi connectivity index (χ1n) is 4.46. The molecule has 0 aromatic carbocycles. The molecule has 13 heavy (non-hydrogen) atoms. The third-order valence-electron chi connectivity index (χ3n) is 2.09. The van der Waals surface area contributed by atoms with Gasteiger partial charge in [-0.2, -0.15) is 11.8 Å². The van der Waals surface area contributed by atoms with Gasteiger partial charge in [0.2, 0.25) is 0 Å². The third-order valence-corrected chi connectivity index (χ3v) is 3.06. The molecule has 0 spiro atoms. The van der Waals surface area contributed by atoms with Crippen LogP contribution in [-0.2, 0) is 18.7 Å². The first kappa shape index (κ1) is 8.97.